The molecule has 2 aliphatic heterocycles. The highest BCUT2D eigenvalue weighted by Crippen LogP contribution is 2.30. The van der Waals surface area contributed by atoms with Gasteiger partial charge in [-0.1, -0.05) is 11.6 Å². The lowest BCUT2D eigenvalue weighted by Crippen LogP contribution is -2.48. The van der Waals surface area contributed by atoms with Crippen molar-refractivity contribution in [1.82, 2.24) is 19.7 Å². The molecule has 0 atom stereocenters. The summed E-state index contributed by atoms with van der Waals surface area (Å²) in [5, 5.41) is 11.6. The second-order valence-corrected chi connectivity index (χ2v) is 7.54. The maximum absolute atomic E-state index is 11.6. The Morgan fingerprint density at radius 1 is 1.44 bits per heavy atom. The molecule has 0 radical (unpaired) electrons. The summed E-state index contributed by atoms with van der Waals surface area (Å²) in [7, 11) is 3.12. The molecule has 0 aliphatic carbocycles. The Labute approximate surface area is 154 Å². The molecule has 0 unspecified atom stereocenters. The Balaban J connectivity index is 1.79. The van der Waals surface area contributed by atoms with Crippen LogP contribution in [0.3, 0.4) is 0 Å². The minimum Gasteiger partial charge on any atom is -0.355 e. The number of nitrogens with zero attached hydrogens (tertiary/aromatic N) is 5. The first kappa shape index (κ1) is 18.3. The van der Waals surface area contributed by atoms with Crippen molar-refractivity contribution in [2.24, 2.45) is 0 Å². The van der Waals surface area contributed by atoms with E-state index in [1.807, 2.05) is 14.7 Å². The lowest BCUT2D eigenvalue weighted by Gasteiger charge is -2.35. The smallest absolute Gasteiger partial charge is 0.300 e. The molecule has 0 N–H and O–H groups in total. The SMILES string of the molecule is COC(CN1CC([N+](=O)[O-])=C2N(Cc3cnc(Cl)s3)CCN2C1)OC. The van der Waals surface area contributed by atoms with Crippen LogP contribution in [-0.4, -0.2) is 78.0 Å². The molecule has 1 aromatic rings. The topological polar surface area (TPSA) is 84.2 Å². The summed E-state index contributed by atoms with van der Waals surface area (Å²) in [5.74, 6) is 0.692. The number of nitro groups is 1. The number of hydrogen-bond donors (Lipinski definition) is 0. The van der Waals surface area contributed by atoms with Crippen LogP contribution in [0.25, 0.3) is 0 Å². The maximum Gasteiger partial charge on any atom is 0.300 e. The minimum atomic E-state index is -0.410. The zero-order valence-electron chi connectivity index (χ0n) is 14.1. The predicted octanol–water partition coefficient (Wildman–Crippen LogP) is 1.25. The number of ether oxygens (including phenoxy) is 2. The molecule has 3 rings (SSSR count). The number of thiazole rings is 1. The van der Waals surface area contributed by atoms with Gasteiger partial charge in [-0.15, -0.1) is 11.3 Å². The molecule has 138 valence electrons. The highest BCUT2D eigenvalue weighted by Gasteiger charge is 2.40. The van der Waals surface area contributed by atoms with Crippen molar-refractivity contribution in [2.45, 2.75) is 12.8 Å². The van der Waals surface area contributed by atoms with Crippen LogP contribution < -0.4 is 0 Å². The monoisotopic (exact) mass is 389 g/mol. The summed E-state index contributed by atoms with van der Waals surface area (Å²) in [6.07, 6.45) is 1.31. The van der Waals surface area contributed by atoms with Crippen molar-refractivity contribution >= 4 is 22.9 Å². The molecule has 1 fully saturated rings. The average Bonchev–Trinajstić information content (AvgIpc) is 3.18. The van der Waals surface area contributed by atoms with E-state index in [9.17, 15) is 10.1 Å². The van der Waals surface area contributed by atoms with E-state index in [4.69, 9.17) is 21.1 Å². The molecule has 1 aromatic heterocycles. The van der Waals surface area contributed by atoms with Gasteiger partial charge in [-0.05, 0) is 0 Å². The first-order valence-electron chi connectivity index (χ1n) is 7.77. The highest BCUT2D eigenvalue weighted by molar-refractivity contribution is 7.15. The van der Waals surface area contributed by atoms with Gasteiger partial charge in [0.2, 0.25) is 0 Å². The number of aromatic nitrogens is 1. The summed E-state index contributed by atoms with van der Waals surface area (Å²) < 4.78 is 10.9. The Morgan fingerprint density at radius 2 is 2.20 bits per heavy atom. The van der Waals surface area contributed by atoms with Gasteiger partial charge in [0.25, 0.3) is 5.70 Å². The fraction of sp³-hybridized carbons (Fsp3) is 0.643. The van der Waals surface area contributed by atoms with Gasteiger partial charge in [0.1, 0.15) is 0 Å². The molecule has 3 heterocycles. The summed E-state index contributed by atoms with van der Waals surface area (Å²) >= 11 is 7.28. The van der Waals surface area contributed by atoms with Gasteiger partial charge in [-0.3, -0.25) is 15.0 Å². The molecule has 9 nitrogen and oxygen atoms in total. The van der Waals surface area contributed by atoms with Gasteiger partial charge in [-0.25, -0.2) is 4.98 Å². The second-order valence-electron chi connectivity index (χ2n) is 5.85. The van der Waals surface area contributed by atoms with Crippen molar-refractivity contribution < 1.29 is 14.4 Å². The van der Waals surface area contributed by atoms with Crippen LogP contribution in [0.15, 0.2) is 17.7 Å². The summed E-state index contributed by atoms with van der Waals surface area (Å²) in [5.41, 5.74) is 0.199. The van der Waals surface area contributed by atoms with E-state index in [1.54, 1.807) is 20.4 Å². The molecule has 0 bridgehead atoms. The fourth-order valence-corrected chi connectivity index (χ4v) is 4.14. The predicted molar refractivity (Wildman–Crippen MR) is 92.5 cm³/mol. The van der Waals surface area contributed by atoms with Crippen molar-refractivity contribution in [3.05, 3.63) is 37.2 Å². The Morgan fingerprint density at radius 3 is 2.80 bits per heavy atom. The lowest BCUT2D eigenvalue weighted by molar-refractivity contribution is -0.433. The third-order valence-corrected chi connectivity index (χ3v) is 5.37. The Kier molecular flexibility index (Phi) is 5.74. The number of hydrogen-bond acceptors (Lipinski definition) is 9. The van der Waals surface area contributed by atoms with Gasteiger partial charge < -0.3 is 19.3 Å². The third-order valence-electron chi connectivity index (χ3n) is 4.27. The van der Waals surface area contributed by atoms with E-state index in [-0.39, 0.29) is 17.2 Å². The lowest BCUT2D eigenvalue weighted by atomic mass is 10.3. The van der Waals surface area contributed by atoms with Gasteiger partial charge in [0, 0.05) is 38.4 Å². The molecule has 0 saturated carbocycles. The number of halogens is 1. The summed E-state index contributed by atoms with van der Waals surface area (Å²) in [6, 6.07) is 0. The van der Waals surface area contributed by atoms with Crippen LogP contribution in [0.1, 0.15) is 4.88 Å². The first-order chi connectivity index (χ1) is 12.0. The van der Waals surface area contributed by atoms with Gasteiger partial charge >= 0.3 is 0 Å². The Bertz CT molecular complexity index is 665. The largest absolute Gasteiger partial charge is 0.355 e. The van der Waals surface area contributed by atoms with E-state index in [2.05, 4.69) is 4.98 Å². The third kappa shape index (κ3) is 4.04. The second kappa shape index (κ2) is 7.83. The summed E-state index contributed by atoms with van der Waals surface area (Å²) in [4.78, 5) is 22.4. The van der Waals surface area contributed by atoms with Crippen LogP contribution in [0, 0.1) is 10.1 Å². The van der Waals surface area contributed by atoms with Crippen molar-refractivity contribution in [3.63, 3.8) is 0 Å². The summed E-state index contributed by atoms with van der Waals surface area (Å²) in [6.45, 7) is 3.37. The molecular formula is C14H20ClN5O4S. The van der Waals surface area contributed by atoms with E-state index >= 15 is 0 Å². The van der Waals surface area contributed by atoms with E-state index in [0.717, 1.165) is 18.0 Å². The minimum absolute atomic E-state index is 0.199. The molecule has 0 spiro atoms. The highest BCUT2D eigenvalue weighted by atomic mass is 35.5. The Hall–Kier alpha value is -1.46. The zero-order valence-corrected chi connectivity index (χ0v) is 15.6. The van der Waals surface area contributed by atoms with E-state index in [1.165, 1.54) is 11.3 Å². The van der Waals surface area contributed by atoms with E-state index < -0.39 is 6.29 Å². The van der Waals surface area contributed by atoms with Crippen LogP contribution >= 0.6 is 22.9 Å². The molecule has 0 amide bonds. The van der Waals surface area contributed by atoms with E-state index in [0.29, 0.717) is 30.0 Å². The van der Waals surface area contributed by atoms with Gasteiger partial charge in [0.05, 0.1) is 31.2 Å². The molecule has 11 heteroatoms. The zero-order chi connectivity index (χ0) is 18.0. The first-order valence-corrected chi connectivity index (χ1v) is 8.96. The molecule has 25 heavy (non-hydrogen) atoms. The van der Waals surface area contributed by atoms with Crippen LogP contribution in [-0.2, 0) is 16.0 Å². The molecule has 1 saturated heterocycles. The van der Waals surface area contributed by atoms with Crippen molar-refractivity contribution in [3.8, 4) is 0 Å². The number of fused-ring (bicyclic) bond motifs is 1. The number of methoxy groups -OCH3 is 2. The van der Waals surface area contributed by atoms with Gasteiger partial charge in [0.15, 0.2) is 16.6 Å². The van der Waals surface area contributed by atoms with Crippen LogP contribution in [0.5, 0.6) is 0 Å². The molecule has 0 aromatic carbocycles. The molecular weight excluding hydrogens is 370 g/mol. The maximum atomic E-state index is 11.6. The van der Waals surface area contributed by atoms with Gasteiger partial charge in [-0.2, -0.15) is 0 Å². The standard InChI is InChI=1S/C14H20ClN5O4S/c1-23-12(24-2)8-17-7-11(20(21)22)13-18(3-4-19(13)9-17)6-10-5-16-14(15)25-10/h5,12H,3-4,6-9H2,1-2H3. The van der Waals surface area contributed by atoms with Crippen molar-refractivity contribution in [1.29, 1.82) is 0 Å². The normalized spacial score (nSPS) is 18.4. The van der Waals surface area contributed by atoms with Crippen LogP contribution in [0.4, 0.5) is 0 Å². The quantitative estimate of drug-likeness (QED) is 0.391. The fourth-order valence-electron chi connectivity index (χ4n) is 3.15. The van der Waals surface area contributed by atoms with Crippen LogP contribution in [0.2, 0.25) is 4.47 Å². The molecule has 2 aliphatic rings. The van der Waals surface area contributed by atoms with Crippen molar-refractivity contribution in [2.75, 3.05) is 47.1 Å². The number of rotatable bonds is 7. The average molecular weight is 390 g/mol.